The first-order valence-corrected chi connectivity index (χ1v) is 9.51. The minimum Gasteiger partial charge on any atom is -0.507 e. The molecular weight excluding hydrogens is 348 g/mol. The number of benzene rings is 3. The first-order chi connectivity index (χ1) is 13.1. The summed E-state index contributed by atoms with van der Waals surface area (Å²) in [5, 5.41) is 31.4. The lowest BCUT2D eigenvalue weighted by Crippen LogP contribution is -2.09. The maximum absolute atomic E-state index is 10.6. The molecule has 0 fully saturated rings. The number of rotatable bonds is 3. The maximum atomic E-state index is 10.6. The van der Waals surface area contributed by atoms with Crippen molar-refractivity contribution >= 4 is 0 Å². The van der Waals surface area contributed by atoms with Crippen LogP contribution in [0.2, 0.25) is 0 Å². The summed E-state index contributed by atoms with van der Waals surface area (Å²) in [6.07, 6.45) is 0. The largest absolute Gasteiger partial charge is 0.507 e. The van der Waals surface area contributed by atoms with Crippen LogP contribution in [0.1, 0.15) is 56.0 Å². The Morgan fingerprint density at radius 2 is 0.929 bits per heavy atom. The van der Waals surface area contributed by atoms with Gasteiger partial charge in [-0.25, -0.2) is 0 Å². The van der Waals surface area contributed by atoms with E-state index in [-0.39, 0.29) is 5.92 Å². The van der Waals surface area contributed by atoms with E-state index in [1.54, 1.807) is 0 Å². The van der Waals surface area contributed by atoms with Crippen molar-refractivity contribution in [3.8, 4) is 17.2 Å². The second kappa shape index (κ2) is 7.23. The third-order valence-electron chi connectivity index (χ3n) is 5.82. The Balaban J connectivity index is 2.36. The molecule has 0 saturated heterocycles. The van der Waals surface area contributed by atoms with Crippen LogP contribution in [0.25, 0.3) is 0 Å². The first kappa shape index (κ1) is 19.8. The Morgan fingerprint density at radius 3 is 1.32 bits per heavy atom. The van der Waals surface area contributed by atoms with E-state index in [9.17, 15) is 15.3 Å². The minimum atomic E-state index is -0.170. The lowest BCUT2D eigenvalue weighted by Gasteiger charge is -2.25. The molecule has 0 aliphatic carbocycles. The van der Waals surface area contributed by atoms with Crippen molar-refractivity contribution in [3.63, 3.8) is 0 Å². The van der Waals surface area contributed by atoms with Gasteiger partial charge in [-0.2, -0.15) is 0 Å². The van der Waals surface area contributed by atoms with E-state index in [1.165, 1.54) is 0 Å². The van der Waals surface area contributed by atoms with Gasteiger partial charge in [0.25, 0.3) is 0 Å². The Bertz CT molecular complexity index is 983. The van der Waals surface area contributed by atoms with E-state index in [2.05, 4.69) is 0 Å². The highest BCUT2D eigenvalue weighted by molar-refractivity contribution is 5.58. The zero-order valence-electron chi connectivity index (χ0n) is 17.4. The van der Waals surface area contributed by atoms with Crippen molar-refractivity contribution in [1.82, 2.24) is 0 Å². The molecule has 0 amide bonds. The highest BCUT2D eigenvalue weighted by atomic mass is 16.3. The van der Waals surface area contributed by atoms with E-state index < -0.39 is 0 Å². The maximum Gasteiger partial charge on any atom is 0.121 e. The quantitative estimate of drug-likeness (QED) is 0.504. The Morgan fingerprint density at radius 1 is 0.536 bits per heavy atom. The molecule has 3 N–H and O–H groups in total. The summed E-state index contributed by atoms with van der Waals surface area (Å²) in [7, 11) is 0. The summed E-state index contributed by atoms with van der Waals surface area (Å²) in [5.74, 6) is 0.720. The third kappa shape index (κ3) is 3.22. The lowest BCUT2D eigenvalue weighted by molar-refractivity contribution is 0.463. The summed E-state index contributed by atoms with van der Waals surface area (Å²) in [5.41, 5.74) is 7.93. The Hall–Kier alpha value is -2.94. The van der Waals surface area contributed by atoms with Gasteiger partial charge >= 0.3 is 0 Å². The van der Waals surface area contributed by atoms with E-state index in [0.29, 0.717) is 17.2 Å². The molecule has 0 spiro atoms. The molecule has 0 bridgehead atoms. The van der Waals surface area contributed by atoms with Crippen LogP contribution >= 0.6 is 0 Å². The van der Waals surface area contributed by atoms with Gasteiger partial charge in [-0.1, -0.05) is 36.4 Å². The average molecular weight is 376 g/mol. The van der Waals surface area contributed by atoms with Crippen molar-refractivity contribution in [2.24, 2.45) is 0 Å². The first-order valence-electron chi connectivity index (χ1n) is 9.51. The van der Waals surface area contributed by atoms with Crippen LogP contribution in [0.3, 0.4) is 0 Å². The fourth-order valence-electron chi connectivity index (χ4n) is 4.01. The number of phenolic OH excluding ortho intramolecular Hbond substituents is 3. The van der Waals surface area contributed by atoms with Gasteiger partial charge in [0.15, 0.2) is 0 Å². The SMILES string of the molecule is Cc1cc(C(c2ccc(C)c(O)c2C)c2ccc(C)c(O)c2C)cc(C)c1O. The molecule has 0 unspecified atom stereocenters. The van der Waals surface area contributed by atoms with Crippen LogP contribution in [0.5, 0.6) is 17.2 Å². The normalized spacial score (nSPS) is 11.2. The fraction of sp³-hybridized carbons (Fsp3) is 0.280. The molecule has 28 heavy (non-hydrogen) atoms. The zero-order valence-corrected chi connectivity index (χ0v) is 17.4. The van der Waals surface area contributed by atoms with Crippen LogP contribution in [0.15, 0.2) is 36.4 Å². The Kier molecular flexibility index (Phi) is 5.12. The number of phenols is 3. The monoisotopic (exact) mass is 376 g/mol. The topological polar surface area (TPSA) is 60.7 Å². The number of hydrogen-bond donors (Lipinski definition) is 3. The zero-order chi connectivity index (χ0) is 20.7. The number of aryl methyl sites for hydroxylation is 4. The van der Waals surface area contributed by atoms with Crippen LogP contribution in [-0.4, -0.2) is 15.3 Å². The van der Waals surface area contributed by atoms with Crippen molar-refractivity contribution in [2.75, 3.05) is 0 Å². The van der Waals surface area contributed by atoms with Gasteiger partial charge < -0.3 is 15.3 Å². The summed E-state index contributed by atoms with van der Waals surface area (Å²) in [4.78, 5) is 0. The van der Waals surface area contributed by atoms with Crippen LogP contribution in [0.4, 0.5) is 0 Å². The van der Waals surface area contributed by atoms with E-state index in [1.807, 2.05) is 77.9 Å². The lowest BCUT2D eigenvalue weighted by atomic mass is 9.79. The molecule has 0 aromatic heterocycles. The molecule has 146 valence electrons. The summed E-state index contributed by atoms with van der Waals surface area (Å²) >= 11 is 0. The third-order valence-corrected chi connectivity index (χ3v) is 5.82. The highest BCUT2D eigenvalue weighted by Gasteiger charge is 2.24. The molecule has 0 aliphatic heterocycles. The molecule has 0 radical (unpaired) electrons. The van der Waals surface area contributed by atoms with E-state index >= 15 is 0 Å². The van der Waals surface area contributed by atoms with Crippen molar-refractivity contribution in [1.29, 1.82) is 0 Å². The van der Waals surface area contributed by atoms with E-state index in [0.717, 1.165) is 50.1 Å². The standard InChI is InChI=1S/C25H28O3/c1-13-7-9-20(17(5)24(13)27)22(19-11-15(3)23(26)16(4)12-19)21-10-8-14(2)25(28)18(21)6/h7-12,22,26-28H,1-6H3. The van der Waals surface area contributed by atoms with Gasteiger partial charge in [0, 0.05) is 5.92 Å². The van der Waals surface area contributed by atoms with Crippen molar-refractivity contribution < 1.29 is 15.3 Å². The van der Waals surface area contributed by atoms with Crippen LogP contribution < -0.4 is 0 Å². The second-order valence-electron chi connectivity index (χ2n) is 7.83. The molecule has 3 nitrogen and oxygen atoms in total. The molecule has 0 aliphatic rings. The van der Waals surface area contributed by atoms with Gasteiger partial charge in [-0.15, -0.1) is 0 Å². The molecule has 3 aromatic rings. The van der Waals surface area contributed by atoms with Gasteiger partial charge in [0.1, 0.15) is 17.2 Å². The summed E-state index contributed by atoms with van der Waals surface area (Å²) < 4.78 is 0. The van der Waals surface area contributed by atoms with Gasteiger partial charge in [0.05, 0.1) is 0 Å². The van der Waals surface area contributed by atoms with Gasteiger partial charge in [-0.3, -0.25) is 0 Å². The fourth-order valence-corrected chi connectivity index (χ4v) is 4.01. The predicted octanol–water partition coefficient (Wildman–Crippen LogP) is 5.83. The molecule has 3 rings (SSSR count). The predicted molar refractivity (Wildman–Crippen MR) is 114 cm³/mol. The van der Waals surface area contributed by atoms with E-state index in [4.69, 9.17) is 0 Å². The molecule has 3 aromatic carbocycles. The number of aromatic hydroxyl groups is 3. The molecule has 0 atom stereocenters. The molecule has 3 heteroatoms. The summed E-state index contributed by atoms with van der Waals surface area (Å²) in [6.45, 7) is 11.4. The van der Waals surface area contributed by atoms with Crippen molar-refractivity contribution in [3.05, 3.63) is 86.5 Å². The van der Waals surface area contributed by atoms with Crippen molar-refractivity contribution in [2.45, 2.75) is 47.5 Å². The van der Waals surface area contributed by atoms with Gasteiger partial charge in [0.2, 0.25) is 0 Å². The minimum absolute atomic E-state index is 0.170. The van der Waals surface area contributed by atoms with Crippen LogP contribution in [0, 0.1) is 41.5 Å². The number of hydrogen-bond acceptors (Lipinski definition) is 3. The highest BCUT2D eigenvalue weighted by Crippen LogP contribution is 2.42. The summed E-state index contributed by atoms with van der Waals surface area (Å²) in [6, 6.07) is 11.9. The average Bonchev–Trinajstić information content (AvgIpc) is 2.65. The second-order valence-corrected chi connectivity index (χ2v) is 7.83. The molecular formula is C25H28O3. The Labute approximate surface area is 166 Å². The van der Waals surface area contributed by atoms with Crippen LogP contribution in [-0.2, 0) is 0 Å². The molecule has 0 heterocycles. The van der Waals surface area contributed by atoms with Gasteiger partial charge in [-0.05, 0) is 91.6 Å². The molecule has 0 saturated carbocycles. The smallest absolute Gasteiger partial charge is 0.121 e.